The van der Waals surface area contributed by atoms with Gasteiger partial charge in [0.25, 0.3) is 5.91 Å². The van der Waals surface area contributed by atoms with Crippen molar-refractivity contribution in [2.75, 3.05) is 19.7 Å². The highest BCUT2D eigenvalue weighted by molar-refractivity contribution is 5.90. The number of H-pyrrole nitrogens is 1. The summed E-state index contributed by atoms with van der Waals surface area (Å²) in [6.07, 6.45) is -0.558. The molecule has 1 atom stereocenters. The van der Waals surface area contributed by atoms with E-state index in [-0.39, 0.29) is 18.3 Å². The summed E-state index contributed by atoms with van der Waals surface area (Å²) >= 11 is 0. The normalized spacial score (nSPS) is 20.5. The van der Waals surface area contributed by atoms with Gasteiger partial charge in [-0.15, -0.1) is 5.10 Å². The summed E-state index contributed by atoms with van der Waals surface area (Å²) in [7, 11) is 0. The predicted molar refractivity (Wildman–Crippen MR) is 52.4 cm³/mol. The van der Waals surface area contributed by atoms with Crippen molar-refractivity contribution in [2.24, 2.45) is 0 Å². The monoisotopic (exact) mass is 221 g/mol. The van der Waals surface area contributed by atoms with E-state index in [4.69, 9.17) is 10.00 Å². The van der Waals surface area contributed by atoms with Crippen LogP contribution in [0.15, 0.2) is 0 Å². The van der Waals surface area contributed by atoms with Crippen molar-refractivity contribution in [2.45, 2.75) is 13.0 Å². The first-order chi connectivity index (χ1) is 7.70. The van der Waals surface area contributed by atoms with Crippen LogP contribution in [0.5, 0.6) is 0 Å². The third-order valence-electron chi connectivity index (χ3n) is 2.29. The number of ether oxygens (including phenoxy) is 1. The lowest BCUT2D eigenvalue weighted by Crippen LogP contribution is -2.45. The van der Waals surface area contributed by atoms with E-state index in [1.165, 1.54) is 4.90 Å². The zero-order valence-electron chi connectivity index (χ0n) is 8.80. The Bertz CT molecular complexity index is 435. The number of amides is 1. The van der Waals surface area contributed by atoms with Gasteiger partial charge in [0.2, 0.25) is 5.82 Å². The molecule has 1 aliphatic heterocycles. The zero-order valence-corrected chi connectivity index (χ0v) is 8.80. The van der Waals surface area contributed by atoms with Crippen LogP contribution in [0.3, 0.4) is 0 Å². The molecular formula is C9H11N5O2. The van der Waals surface area contributed by atoms with Crippen LogP contribution in [0.2, 0.25) is 0 Å². The second-order valence-electron chi connectivity index (χ2n) is 3.48. The van der Waals surface area contributed by atoms with E-state index < -0.39 is 6.10 Å². The third-order valence-corrected chi connectivity index (χ3v) is 2.29. The fourth-order valence-electron chi connectivity index (χ4n) is 1.49. The Kier molecular flexibility index (Phi) is 2.83. The van der Waals surface area contributed by atoms with Crippen molar-refractivity contribution in [1.82, 2.24) is 20.1 Å². The summed E-state index contributed by atoms with van der Waals surface area (Å²) in [6, 6.07) is 1.98. The number of nitriles is 1. The topological polar surface area (TPSA) is 94.9 Å². The number of nitrogens with one attached hydrogen (secondary N) is 1. The van der Waals surface area contributed by atoms with Gasteiger partial charge in [-0.25, -0.2) is 4.98 Å². The number of morpholine rings is 1. The number of hydrogen-bond donors (Lipinski definition) is 1. The smallest absolute Gasteiger partial charge is 0.293 e. The third kappa shape index (κ3) is 2.01. The summed E-state index contributed by atoms with van der Waals surface area (Å²) in [6.45, 7) is 2.82. The van der Waals surface area contributed by atoms with Gasteiger partial charge in [-0.2, -0.15) is 5.26 Å². The maximum absolute atomic E-state index is 11.9. The lowest BCUT2D eigenvalue weighted by atomic mass is 10.3. The van der Waals surface area contributed by atoms with Crippen LogP contribution < -0.4 is 0 Å². The summed E-state index contributed by atoms with van der Waals surface area (Å²) in [5, 5.41) is 15.1. The Balaban J connectivity index is 2.08. The van der Waals surface area contributed by atoms with E-state index in [1.807, 2.05) is 6.07 Å². The molecular weight excluding hydrogens is 210 g/mol. The minimum atomic E-state index is -0.558. The Hall–Kier alpha value is -1.94. The Labute approximate surface area is 92.0 Å². The lowest BCUT2D eigenvalue weighted by molar-refractivity contribution is 0.00293. The fraction of sp³-hybridized carbons (Fsp3) is 0.556. The number of hydrogen-bond acceptors (Lipinski definition) is 5. The fourth-order valence-corrected chi connectivity index (χ4v) is 1.49. The minimum absolute atomic E-state index is 0.135. The molecule has 1 saturated heterocycles. The highest BCUT2D eigenvalue weighted by Crippen LogP contribution is 2.07. The van der Waals surface area contributed by atoms with Crippen LogP contribution in [-0.2, 0) is 4.74 Å². The van der Waals surface area contributed by atoms with Gasteiger partial charge in [0, 0.05) is 6.54 Å². The largest absolute Gasteiger partial charge is 0.360 e. The van der Waals surface area contributed by atoms with E-state index >= 15 is 0 Å². The van der Waals surface area contributed by atoms with Crippen LogP contribution in [-0.4, -0.2) is 51.8 Å². The number of rotatable bonds is 1. The van der Waals surface area contributed by atoms with E-state index in [9.17, 15) is 4.79 Å². The van der Waals surface area contributed by atoms with Crippen molar-refractivity contribution in [1.29, 1.82) is 5.26 Å². The van der Waals surface area contributed by atoms with Gasteiger partial charge in [-0.05, 0) is 6.92 Å². The van der Waals surface area contributed by atoms with Crippen LogP contribution in [0.1, 0.15) is 16.4 Å². The van der Waals surface area contributed by atoms with Gasteiger partial charge in [0.05, 0.1) is 19.2 Å². The molecule has 0 radical (unpaired) electrons. The maximum atomic E-state index is 11.9. The molecule has 2 rings (SSSR count). The summed E-state index contributed by atoms with van der Waals surface area (Å²) in [5.41, 5.74) is 0. The van der Waals surface area contributed by atoms with E-state index in [0.717, 1.165) is 0 Å². The van der Waals surface area contributed by atoms with E-state index in [0.29, 0.717) is 19.0 Å². The minimum Gasteiger partial charge on any atom is -0.360 e. The first-order valence-corrected chi connectivity index (χ1v) is 4.90. The van der Waals surface area contributed by atoms with E-state index in [1.54, 1.807) is 6.92 Å². The summed E-state index contributed by atoms with van der Waals surface area (Å²) < 4.78 is 5.14. The molecule has 0 aromatic carbocycles. The zero-order chi connectivity index (χ0) is 11.5. The highest BCUT2D eigenvalue weighted by atomic mass is 16.5. The lowest BCUT2D eigenvalue weighted by Gasteiger charge is -2.28. The van der Waals surface area contributed by atoms with Crippen LogP contribution in [0, 0.1) is 18.3 Å². The SMILES string of the molecule is Cc1nc(C(=O)N2CCOC(C#N)C2)n[nH]1. The molecule has 1 unspecified atom stereocenters. The molecule has 7 heteroatoms. The Morgan fingerprint density at radius 3 is 3.19 bits per heavy atom. The number of aromatic amines is 1. The molecule has 1 aliphatic rings. The molecule has 0 bridgehead atoms. The quantitative estimate of drug-likeness (QED) is 0.688. The number of aryl methyl sites for hydroxylation is 1. The average molecular weight is 221 g/mol. The Morgan fingerprint density at radius 1 is 1.75 bits per heavy atom. The molecule has 84 valence electrons. The molecule has 0 aliphatic carbocycles. The van der Waals surface area contributed by atoms with Crippen LogP contribution >= 0.6 is 0 Å². The van der Waals surface area contributed by atoms with Crippen molar-refractivity contribution in [3.8, 4) is 6.07 Å². The predicted octanol–water partition coefficient (Wildman–Crippen LogP) is -0.522. The van der Waals surface area contributed by atoms with Crippen molar-refractivity contribution >= 4 is 5.91 Å². The average Bonchev–Trinajstić information content (AvgIpc) is 2.75. The molecule has 2 heterocycles. The second-order valence-corrected chi connectivity index (χ2v) is 3.48. The Morgan fingerprint density at radius 2 is 2.56 bits per heavy atom. The van der Waals surface area contributed by atoms with Gasteiger partial charge < -0.3 is 9.64 Å². The van der Waals surface area contributed by atoms with Crippen molar-refractivity contribution in [3.63, 3.8) is 0 Å². The van der Waals surface area contributed by atoms with Gasteiger partial charge in [-0.3, -0.25) is 9.89 Å². The number of aromatic nitrogens is 3. The summed E-state index contributed by atoms with van der Waals surface area (Å²) in [5.74, 6) is 0.456. The molecule has 1 amide bonds. The first kappa shape index (κ1) is 10.6. The number of carbonyl (C=O) groups excluding carboxylic acids is 1. The van der Waals surface area contributed by atoms with Gasteiger partial charge in [0.15, 0.2) is 6.10 Å². The highest BCUT2D eigenvalue weighted by Gasteiger charge is 2.26. The number of carbonyl (C=O) groups is 1. The van der Waals surface area contributed by atoms with Crippen molar-refractivity contribution < 1.29 is 9.53 Å². The molecule has 1 aromatic rings. The molecule has 1 N–H and O–H groups in total. The molecule has 1 aromatic heterocycles. The molecule has 0 spiro atoms. The molecule has 7 nitrogen and oxygen atoms in total. The van der Waals surface area contributed by atoms with Gasteiger partial charge in [0.1, 0.15) is 5.82 Å². The van der Waals surface area contributed by atoms with Crippen LogP contribution in [0.4, 0.5) is 0 Å². The standard InChI is InChI=1S/C9H11N5O2/c1-6-11-8(13-12-6)9(15)14-2-3-16-7(4-10)5-14/h7H,2-3,5H2,1H3,(H,11,12,13). The molecule has 0 saturated carbocycles. The second kappa shape index (κ2) is 4.28. The molecule has 16 heavy (non-hydrogen) atoms. The maximum Gasteiger partial charge on any atom is 0.293 e. The summed E-state index contributed by atoms with van der Waals surface area (Å²) in [4.78, 5) is 17.4. The van der Waals surface area contributed by atoms with Crippen molar-refractivity contribution in [3.05, 3.63) is 11.6 Å². The van der Waals surface area contributed by atoms with Gasteiger partial charge in [-0.1, -0.05) is 0 Å². The first-order valence-electron chi connectivity index (χ1n) is 4.90. The van der Waals surface area contributed by atoms with Gasteiger partial charge >= 0.3 is 0 Å². The van der Waals surface area contributed by atoms with E-state index in [2.05, 4.69) is 15.2 Å². The van der Waals surface area contributed by atoms with Crippen LogP contribution in [0.25, 0.3) is 0 Å². The number of nitrogens with zero attached hydrogens (tertiary/aromatic N) is 4. The molecule has 1 fully saturated rings.